The summed E-state index contributed by atoms with van der Waals surface area (Å²) < 4.78 is 1.64. The van der Waals surface area contributed by atoms with E-state index in [1.54, 1.807) is 16.7 Å². The molecule has 0 amide bonds. The van der Waals surface area contributed by atoms with Crippen molar-refractivity contribution >= 4 is 16.8 Å². The first-order chi connectivity index (χ1) is 7.27. The first-order valence-corrected chi connectivity index (χ1v) is 4.69. The molecule has 4 heteroatoms. The van der Waals surface area contributed by atoms with E-state index in [9.17, 15) is 5.11 Å². The molecule has 0 aliphatic heterocycles. The maximum absolute atomic E-state index is 9.73. The Morgan fingerprint density at radius 1 is 1.27 bits per heavy atom. The van der Waals surface area contributed by atoms with Crippen molar-refractivity contribution in [3.8, 4) is 5.88 Å². The van der Waals surface area contributed by atoms with Crippen LogP contribution >= 0.6 is 0 Å². The lowest BCUT2D eigenvalue weighted by atomic mass is 10.2. The van der Waals surface area contributed by atoms with Gasteiger partial charge in [0, 0.05) is 12.3 Å². The minimum absolute atomic E-state index is 0.160. The monoisotopic (exact) mass is 199 g/mol. The molecule has 0 spiro atoms. The van der Waals surface area contributed by atoms with Crippen LogP contribution in [-0.2, 0) is 0 Å². The zero-order valence-electron chi connectivity index (χ0n) is 8.18. The van der Waals surface area contributed by atoms with E-state index >= 15 is 0 Å². The van der Waals surface area contributed by atoms with Gasteiger partial charge >= 0.3 is 0 Å². The largest absolute Gasteiger partial charge is 0.494 e. The van der Waals surface area contributed by atoms with E-state index in [0.717, 1.165) is 16.6 Å². The van der Waals surface area contributed by atoms with E-state index in [2.05, 4.69) is 9.97 Å². The van der Waals surface area contributed by atoms with Gasteiger partial charge in [-0.2, -0.15) is 0 Å². The molecule has 0 saturated carbocycles. The molecule has 0 fully saturated rings. The number of hydrogen-bond acceptors (Lipinski definition) is 3. The molecule has 2 heterocycles. The second-order valence-corrected chi connectivity index (χ2v) is 3.49. The molecule has 3 rings (SSSR count). The van der Waals surface area contributed by atoms with Gasteiger partial charge in [0.25, 0.3) is 0 Å². The van der Waals surface area contributed by atoms with Crippen LogP contribution in [0.2, 0.25) is 0 Å². The number of nitrogens with zero attached hydrogens (tertiary/aromatic N) is 3. The number of aromatic nitrogens is 3. The van der Waals surface area contributed by atoms with Crippen LogP contribution in [0.3, 0.4) is 0 Å². The van der Waals surface area contributed by atoms with Crippen LogP contribution in [0.4, 0.5) is 0 Å². The smallest absolute Gasteiger partial charge is 0.237 e. The summed E-state index contributed by atoms with van der Waals surface area (Å²) in [6.45, 7) is 1.99. The third kappa shape index (κ3) is 1.01. The standard InChI is InChI=1S/C11H9N3O/c1-7-3-2-4-8-10(7)13-11-12-6-5-9(15)14(8)11/h2-6,15H,1H3. The Bertz CT molecular complexity index is 657. The summed E-state index contributed by atoms with van der Waals surface area (Å²) in [6.07, 6.45) is 1.55. The van der Waals surface area contributed by atoms with E-state index in [4.69, 9.17) is 0 Å². The van der Waals surface area contributed by atoms with Crippen LogP contribution in [0.25, 0.3) is 16.8 Å². The van der Waals surface area contributed by atoms with E-state index in [-0.39, 0.29) is 5.88 Å². The van der Waals surface area contributed by atoms with Crippen molar-refractivity contribution in [1.82, 2.24) is 14.4 Å². The van der Waals surface area contributed by atoms with Crippen LogP contribution in [0.5, 0.6) is 5.88 Å². The lowest BCUT2D eigenvalue weighted by molar-refractivity contribution is 0.447. The molecule has 0 radical (unpaired) electrons. The highest BCUT2D eigenvalue weighted by molar-refractivity contribution is 5.83. The molecule has 4 nitrogen and oxygen atoms in total. The predicted octanol–water partition coefficient (Wildman–Crippen LogP) is 1.90. The summed E-state index contributed by atoms with van der Waals surface area (Å²) in [4.78, 5) is 8.48. The minimum Gasteiger partial charge on any atom is -0.494 e. The fraction of sp³-hybridized carbons (Fsp3) is 0.0909. The zero-order chi connectivity index (χ0) is 10.4. The molecular formula is C11H9N3O. The molecule has 1 N–H and O–H groups in total. The van der Waals surface area contributed by atoms with Gasteiger partial charge in [0.1, 0.15) is 0 Å². The van der Waals surface area contributed by atoms with Crippen molar-refractivity contribution in [1.29, 1.82) is 0 Å². The Labute approximate surface area is 85.8 Å². The lowest BCUT2D eigenvalue weighted by Crippen LogP contribution is -1.87. The second-order valence-electron chi connectivity index (χ2n) is 3.49. The molecule has 74 valence electrons. The van der Waals surface area contributed by atoms with Gasteiger partial charge < -0.3 is 5.11 Å². The van der Waals surface area contributed by atoms with Crippen molar-refractivity contribution in [2.75, 3.05) is 0 Å². The molecular weight excluding hydrogens is 190 g/mol. The predicted molar refractivity (Wildman–Crippen MR) is 56.9 cm³/mol. The van der Waals surface area contributed by atoms with Crippen LogP contribution < -0.4 is 0 Å². The summed E-state index contributed by atoms with van der Waals surface area (Å²) in [5.41, 5.74) is 2.85. The van der Waals surface area contributed by atoms with Crippen LogP contribution in [0, 0.1) is 6.92 Å². The van der Waals surface area contributed by atoms with Crippen molar-refractivity contribution in [3.63, 3.8) is 0 Å². The van der Waals surface area contributed by atoms with Crippen LogP contribution in [0.15, 0.2) is 30.5 Å². The molecule has 0 saturated heterocycles. The van der Waals surface area contributed by atoms with Gasteiger partial charge in [-0.1, -0.05) is 12.1 Å². The van der Waals surface area contributed by atoms with E-state index in [1.165, 1.54) is 0 Å². The van der Waals surface area contributed by atoms with Gasteiger partial charge in [0.05, 0.1) is 11.0 Å². The van der Waals surface area contributed by atoms with Gasteiger partial charge in [-0.15, -0.1) is 0 Å². The van der Waals surface area contributed by atoms with Gasteiger partial charge in [0.15, 0.2) is 5.88 Å². The van der Waals surface area contributed by atoms with E-state index < -0.39 is 0 Å². The molecule has 15 heavy (non-hydrogen) atoms. The fourth-order valence-electron chi connectivity index (χ4n) is 1.78. The Hall–Kier alpha value is -2.10. The maximum atomic E-state index is 9.73. The first-order valence-electron chi connectivity index (χ1n) is 4.69. The number of para-hydroxylation sites is 1. The molecule has 3 aromatic rings. The van der Waals surface area contributed by atoms with Gasteiger partial charge in [-0.3, -0.25) is 0 Å². The molecule has 0 atom stereocenters. The van der Waals surface area contributed by atoms with Crippen molar-refractivity contribution in [2.24, 2.45) is 0 Å². The van der Waals surface area contributed by atoms with Gasteiger partial charge in [0.2, 0.25) is 5.78 Å². The summed E-state index contributed by atoms with van der Waals surface area (Å²) >= 11 is 0. The summed E-state index contributed by atoms with van der Waals surface area (Å²) in [5, 5.41) is 9.73. The number of aryl methyl sites for hydroxylation is 1. The number of imidazole rings is 1. The third-order valence-electron chi connectivity index (χ3n) is 2.51. The number of rotatable bonds is 0. The zero-order valence-corrected chi connectivity index (χ0v) is 8.18. The number of hydrogen-bond donors (Lipinski definition) is 1. The van der Waals surface area contributed by atoms with Crippen LogP contribution in [0.1, 0.15) is 5.56 Å². The topological polar surface area (TPSA) is 50.4 Å². The quantitative estimate of drug-likeness (QED) is 0.601. The Balaban J connectivity index is 2.65. The van der Waals surface area contributed by atoms with Crippen molar-refractivity contribution in [3.05, 3.63) is 36.0 Å². The van der Waals surface area contributed by atoms with Crippen LogP contribution in [-0.4, -0.2) is 19.5 Å². The number of benzene rings is 1. The number of aromatic hydroxyl groups is 1. The van der Waals surface area contributed by atoms with Crippen molar-refractivity contribution < 1.29 is 5.11 Å². The summed E-state index contributed by atoms with van der Waals surface area (Å²) in [5.74, 6) is 0.687. The third-order valence-corrected chi connectivity index (χ3v) is 2.51. The lowest BCUT2D eigenvalue weighted by Gasteiger charge is -1.97. The normalized spacial score (nSPS) is 11.3. The molecule has 0 aliphatic carbocycles. The average Bonchev–Trinajstić information content (AvgIpc) is 2.59. The Kier molecular flexibility index (Phi) is 1.48. The number of fused-ring (bicyclic) bond motifs is 3. The SMILES string of the molecule is Cc1cccc2c1nc1nccc(O)n12. The molecule has 0 aliphatic rings. The highest BCUT2D eigenvalue weighted by atomic mass is 16.3. The molecule has 2 aromatic heterocycles. The first kappa shape index (κ1) is 8.23. The summed E-state index contributed by atoms with van der Waals surface area (Å²) in [6, 6.07) is 7.41. The van der Waals surface area contributed by atoms with Gasteiger partial charge in [-0.05, 0) is 18.6 Å². The van der Waals surface area contributed by atoms with Gasteiger partial charge in [-0.25, -0.2) is 14.4 Å². The molecule has 1 aromatic carbocycles. The van der Waals surface area contributed by atoms with E-state index in [0.29, 0.717) is 5.78 Å². The van der Waals surface area contributed by atoms with Crippen molar-refractivity contribution in [2.45, 2.75) is 6.92 Å². The highest BCUT2D eigenvalue weighted by Gasteiger charge is 2.08. The minimum atomic E-state index is 0.160. The Morgan fingerprint density at radius 3 is 3.00 bits per heavy atom. The molecule has 0 unspecified atom stereocenters. The average molecular weight is 199 g/mol. The maximum Gasteiger partial charge on any atom is 0.237 e. The Morgan fingerprint density at radius 2 is 2.13 bits per heavy atom. The fourth-order valence-corrected chi connectivity index (χ4v) is 1.78. The second kappa shape index (κ2) is 2.70. The highest BCUT2D eigenvalue weighted by Crippen LogP contribution is 2.22. The van der Waals surface area contributed by atoms with E-state index in [1.807, 2.05) is 25.1 Å². The molecule has 0 bridgehead atoms. The summed E-state index contributed by atoms with van der Waals surface area (Å²) in [7, 11) is 0.